The van der Waals surface area contributed by atoms with Crippen molar-refractivity contribution in [3.05, 3.63) is 41.9 Å². The van der Waals surface area contributed by atoms with Gasteiger partial charge in [-0.25, -0.2) is 4.98 Å². The number of nitrogens with zero attached hydrogens (tertiary/aromatic N) is 3. The summed E-state index contributed by atoms with van der Waals surface area (Å²) >= 11 is 0. The van der Waals surface area contributed by atoms with E-state index in [1.807, 2.05) is 31.2 Å². The van der Waals surface area contributed by atoms with E-state index in [0.717, 1.165) is 30.8 Å². The van der Waals surface area contributed by atoms with Gasteiger partial charge in [-0.1, -0.05) is 13.0 Å². The summed E-state index contributed by atoms with van der Waals surface area (Å²) in [4.78, 5) is 13.0. The number of anilines is 1. The predicted molar refractivity (Wildman–Crippen MR) is 79.0 cm³/mol. The van der Waals surface area contributed by atoms with Crippen molar-refractivity contribution < 1.29 is 4.74 Å². The summed E-state index contributed by atoms with van der Waals surface area (Å²) in [6.45, 7) is 5.42. The molecule has 0 bridgehead atoms. The summed E-state index contributed by atoms with van der Waals surface area (Å²) < 4.78 is 5.54. The van der Waals surface area contributed by atoms with Crippen molar-refractivity contribution in [1.29, 1.82) is 0 Å². The molecular weight excluding hydrogens is 252 g/mol. The normalized spacial score (nSPS) is 10.3. The van der Waals surface area contributed by atoms with Gasteiger partial charge < -0.3 is 10.1 Å². The zero-order valence-electron chi connectivity index (χ0n) is 12.0. The molecule has 0 atom stereocenters. The number of pyridine rings is 1. The number of hydrogen-bond acceptors (Lipinski definition) is 5. The minimum Gasteiger partial charge on any atom is -0.478 e. The number of rotatable bonds is 7. The van der Waals surface area contributed by atoms with Gasteiger partial charge in [0.1, 0.15) is 0 Å². The van der Waals surface area contributed by atoms with Crippen LogP contribution >= 0.6 is 0 Å². The van der Waals surface area contributed by atoms with Crippen LogP contribution in [0.15, 0.2) is 30.5 Å². The second-order valence-electron chi connectivity index (χ2n) is 4.52. The lowest BCUT2D eigenvalue weighted by atomic mass is 10.3. The lowest BCUT2D eigenvalue weighted by Gasteiger charge is -2.08. The van der Waals surface area contributed by atoms with Crippen LogP contribution in [0.4, 0.5) is 5.95 Å². The second kappa shape index (κ2) is 7.43. The summed E-state index contributed by atoms with van der Waals surface area (Å²) in [5.74, 6) is 1.23. The minimum absolute atomic E-state index is 0.604. The molecule has 0 saturated heterocycles. The fourth-order valence-electron chi connectivity index (χ4n) is 1.75. The van der Waals surface area contributed by atoms with Crippen molar-refractivity contribution in [1.82, 2.24) is 15.0 Å². The van der Waals surface area contributed by atoms with Crippen LogP contribution in [0, 0.1) is 6.92 Å². The molecule has 0 aliphatic carbocycles. The highest BCUT2D eigenvalue weighted by atomic mass is 16.5. The first-order valence-corrected chi connectivity index (χ1v) is 6.90. The van der Waals surface area contributed by atoms with Gasteiger partial charge >= 0.3 is 0 Å². The zero-order valence-corrected chi connectivity index (χ0v) is 12.0. The molecule has 0 radical (unpaired) electrons. The molecule has 0 aliphatic heterocycles. The molecule has 0 spiro atoms. The molecule has 5 nitrogen and oxygen atoms in total. The van der Waals surface area contributed by atoms with Gasteiger partial charge in [0.05, 0.1) is 6.61 Å². The van der Waals surface area contributed by atoms with Crippen LogP contribution < -0.4 is 10.1 Å². The van der Waals surface area contributed by atoms with Gasteiger partial charge in [-0.3, -0.25) is 4.98 Å². The Balaban J connectivity index is 1.90. The van der Waals surface area contributed by atoms with E-state index in [4.69, 9.17) is 4.74 Å². The lowest BCUT2D eigenvalue weighted by molar-refractivity contribution is 0.305. The number of aromatic nitrogens is 3. The first-order chi connectivity index (χ1) is 9.78. The van der Waals surface area contributed by atoms with Gasteiger partial charge in [0, 0.05) is 36.6 Å². The maximum absolute atomic E-state index is 5.54. The van der Waals surface area contributed by atoms with E-state index in [1.54, 1.807) is 6.20 Å². The Morgan fingerprint density at radius 2 is 2.15 bits per heavy atom. The van der Waals surface area contributed by atoms with Gasteiger partial charge in [-0.05, 0) is 25.5 Å². The van der Waals surface area contributed by atoms with E-state index >= 15 is 0 Å². The molecule has 0 unspecified atom stereocenters. The highest BCUT2D eigenvalue weighted by Crippen LogP contribution is 2.12. The maximum Gasteiger partial charge on any atom is 0.226 e. The molecule has 0 fully saturated rings. The summed E-state index contributed by atoms with van der Waals surface area (Å²) in [7, 11) is 0. The fourth-order valence-corrected chi connectivity index (χ4v) is 1.75. The molecule has 5 heteroatoms. The summed E-state index contributed by atoms with van der Waals surface area (Å²) in [5.41, 5.74) is 1.95. The molecule has 106 valence electrons. The van der Waals surface area contributed by atoms with Crippen LogP contribution in [0.1, 0.15) is 24.7 Å². The minimum atomic E-state index is 0.604. The van der Waals surface area contributed by atoms with E-state index in [-0.39, 0.29) is 0 Å². The van der Waals surface area contributed by atoms with Gasteiger partial charge in [0.15, 0.2) is 0 Å². The van der Waals surface area contributed by atoms with E-state index in [9.17, 15) is 0 Å². The highest BCUT2D eigenvalue weighted by Gasteiger charge is 2.03. The molecule has 2 aromatic rings. The Morgan fingerprint density at radius 3 is 2.90 bits per heavy atom. The van der Waals surface area contributed by atoms with Crippen molar-refractivity contribution >= 4 is 5.95 Å². The van der Waals surface area contributed by atoms with Crippen molar-refractivity contribution in [2.45, 2.75) is 26.7 Å². The zero-order chi connectivity index (χ0) is 14.2. The molecule has 20 heavy (non-hydrogen) atoms. The average molecular weight is 272 g/mol. The average Bonchev–Trinajstić information content (AvgIpc) is 2.46. The largest absolute Gasteiger partial charge is 0.478 e. The summed E-state index contributed by atoms with van der Waals surface area (Å²) in [5, 5.41) is 3.21. The predicted octanol–water partition coefficient (Wildman–Crippen LogP) is 2.62. The first kappa shape index (κ1) is 14.2. The van der Waals surface area contributed by atoms with Gasteiger partial charge in [0.2, 0.25) is 11.8 Å². The monoisotopic (exact) mass is 272 g/mol. The Bertz CT molecular complexity index is 531. The number of aryl methyl sites for hydroxylation is 1. The smallest absolute Gasteiger partial charge is 0.226 e. The van der Waals surface area contributed by atoms with Gasteiger partial charge in [-0.2, -0.15) is 4.98 Å². The van der Waals surface area contributed by atoms with Crippen LogP contribution in [0.3, 0.4) is 0 Å². The molecule has 0 aromatic carbocycles. The summed E-state index contributed by atoms with van der Waals surface area (Å²) in [6, 6.07) is 7.76. The molecule has 0 aliphatic rings. The molecule has 1 N–H and O–H groups in total. The van der Waals surface area contributed by atoms with Gasteiger partial charge in [0.25, 0.3) is 0 Å². The second-order valence-corrected chi connectivity index (χ2v) is 4.52. The lowest BCUT2D eigenvalue weighted by Crippen LogP contribution is -2.10. The molecular formula is C15H20N4O. The number of nitrogens with one attached hydrogen (secondary N) is 1. The van der Waals surface area contributed by atoms with Crippen molar-refractivity contribution in [2.75, 3.05) is 18.5 Å². The maximum atomic E-state index is 5.54. The van der Waals surface area contributed by atoms with Crippen molar-refractivity contribution in [3.63, 3.8) is 0 Å². The van der Waals surface area contributed by atoms with Crippen LogP contribution in [0.2, 0.25) is 0 Å². The Kier molecular flexibility index (Phi) is 5.29. The quantitative estimate of drug-likeness (QED) is 0.839. The van der Waals surface area contributed by atoms with E-state index < -0.39 is 0 Å². The van der Waals surface area contributed by atoms with E-state index in [1.165, 1.54) is 0 Å². The molecule has 0 saturated carbocycles. The van der Waals surface area contributed by atoms with E-state index in [0.29, 0.717) is 18.4 Å². The topological polar surface area (TPSA) is 59.9 Å². The van der Waals surface area contributed by atoms with Crippen LogP contribution in [0.25, 0.3) is 0 Å². The third-order valence-electron chi connectivity index (χ3n) is 2.68. The van der Waals surface area contributed by atoms with Crippen LogP contribution in [-0.4, -0.2) is 28.1 Å². The van der Waals surface area contributed by atoms with Crippen molar-refractivity contribution in [3.8, 4) is 5.88 Å². The van der Waals surface area contributed by atoms with Crippen LogP contribution in [0.5, 0.6) is 5.88 Å². The molecule has 2 rings (SSSR count). The Hall–Kier alpha value is -2.17. The summed E-state index contributed by atoms with van der Waals surface area (Å²) in [6.07, 6.45) is 3.60. The van der Waals surface area contributed by atoms with Gasteiger partial charge in [-0.15, -0.1) is 0 Å². The fraction of sp³-hybridized carbons (Fsp3) is 0.400. The van der Waals surface area contributed by atoms with Crippen LogP contribution in [-0.2, 0) is 6.42 Å². The standard InChI is InChI=1S/C15H20N4O/c1-3-10-20-14-11-12(2)18-15(19-14)17-9-7-13-6-4-5-8-16-13/h4-6,8,11H,3,7,9-10H2,1-2H3,(H,17,18,19). The van der Waals surface area contributed by atoms with Crippen molar-refractivity contribution in [2.24, 2.45) is 0 Å². The first-order valence-electron chi connectivity index (χ1n) is 6.90. The Morgan fingerprint density at radius 1 is 1.25 bits per heavy atom. The third kappa shape index (κ3) is 4.50. The third-order valence-corrected chi connectivity index (χ3v) is 2.68. The highest BCUT2D eigenvalue weighted by molar-refractivity contribution is 5.30. The number of hydrogen-bond donors (Lipinski definition) is 1. The molecule has 2 aromatic heterocycles. The molecule has 2 heterocycles. The SMILES string of the molecule is CCCOc1cc(C)nc(NCCc2ccccn2)n1. The molecule has 0 amide bonds. The number of ether oxygens (including phenoxy) is 1. The van der Waals surface area contributed by atoms with E-state index in [2.05, 4.69) is 27.2 Å². The Labute approximate surface area is 119 Å².